The number of anilines is 2. The van der Waals surface area contributed by atoms with Crippen molar-refractivity contribution in [1.29, 1.82) is 0 Å². The van der Waals surface area contributed by atoms with E-state index in [1.165, 1.54) is 40.7 Å². The largest absolute Gasteiger partial charge is 0.482 e. The third kappa shape index (κ3) is 5.33. The highest BCUT2D eigenvalue weighted by Gasteiger charge is 2.30. The van der Waals surface area contributed by atoms with Gasteiger partial charge in [0.05, 0.1) is 17.1 Å². The Morgan fingerprint density at radius 2 is 1.97 bits per heavy atom. The summed E-state index contributed by atoms with van der Waals surface area (Å²) in [4.78, 5) is 12.6. The van der Waals surface area contributed by atoms with Crippen LogP contribution in [0, 0.1) is 0 Å². The Bertz CT molecular complexity index is 1030. The Morgan fingerprint density at radius 3 is 2.62 bits per heavy atom. The second-order valence-electron chi connectivity index (χ2n) is 6.29. The van der Waals surface area contributed by atoms with Crippen LogP contribution in [0.5, 0.6) is 5.75 Å². The van der Waals surface area contributed by atoms with Gasteiger partial charge >= 0.3 is 6.18 Å². The number of carbonyl (C=O) groups is 1. The summed E-state index contributed by atoms with van der Waals surface area (Å²) in [5, 5.41) is 2.65. The van der Waals surface area contributed by atoms with Gasteiger partial charge in [0.2, 0.25) is 10.0 Å². The molecule has 1 fully saturated rings. The molecule has 0 saturated carbocycles. The van der Waals surface area contributed by atoms with Crippen molar-refractivity contribution >= 4 is 38.9 Å². The topological polar surface area (TPSA) is 75.7 Å². The molecule has 11 heteroatoms. The molecule has 0 unspecified atom stereocenters. The number of hydrogen-bond acceptors (Lipinski definition) is 4. The van der Waals surface area contributed by atoms with Gasteiger partial charge in [0.1, 0.15) is 5.75 Å². The number of halogens is 4. The van der Waals surface area contributed by atoms with Crippen molar-refractivity contribution in [2.45, 2.75) is 12.6 Å². The third-order valence-corrected chi connectivity index (χ3v) is 6.18. The summed E-state index contributed by atoms with van der Waals surface area (Å²) in [5.74, 6) is -0.813. The van der Waals surface area contributed by atoms with Crippen molar-refractivity contribution in [2.75, 3.05) is 28.5 Å². The smallest absolute Gasteiger partial charge is 0.422 e. The lowest BCUT2D eigenvalue weighted by Crippen LogP contribution is -2.25. The number of hydrogen-bond donors (Lipinski definition) is 1. The predicted molar refractivity (Wildman–Crippen MR) is 103 cm³/mol. The Hall–Kier alpha value is -2.46. The molecule has 0 spiro atoms. The van der Waals surface area contributed by atoms with Crippen LogP contribution in [0.3, 0.4) is 0 Å². The lowest BCUT2D eigenvalue weighted by Gasteiger charge is -2.18. The van der Waals surface area contributed by atoms with Crippen LogP contribution < -0.4 is 14.4 Å². The van der Waals surface area contributed by atoms with E-state index in [0.29, 0.717) is 18.7 Å². The minimum absolute atomic E-state index is 0.0336. The van der Waals surface area contributed by atoms with Crippen LogP contribution in [0.4, 0.5) is 24.5 Å². The first-order chi connectivity index (χ1) is 13.5. The van der Waals surface area contributed by atoms with Gasteiger partial charge in [-0.1, -0.05) is 17.7 Å². The maximum Gasteiger partial charge on any atom is 0.422 e. The van der Waals surface area contributed by atoms with Crippen LogP contribution in [-0.2, 0) is 10.0 Å². The summed E-state index contributed by atoms with van der Waals surface area (Å²) >= 11 is 5.88. The van der Waals surface area contributed by atoms with Crippen molar-refractivity contribution in [1.82, 2.24) is 0 Å². The molecule has 156 valence electrons. The number of nitrogens with zero attached hydrogens (tertiary/aromatic N) is 1. The molecule has 1 amide bonds. The fourth-order valence-electron chi connectivity index (χ4n) is 2.81. The Balaban J connectivity index is 1.82. The molecule has 6 nitrogen and oxygen atoms in total. The van der Waals surface area contributed by atoms with E-state index in [9.17, 15) is 26.4 Å². The second-order valence-corrected chi connectivity index (χ2v) is 8.74. The van der Waals surface area contributed by atoms with Crippen LogP contribution in [0.2, 0.25) is 5.02 Å². The molecule has 1 aliphatic heterocycles. The molecule has 0 aromatic heterocycles. The van der Waals surface area contributed by atoms with Gasteiger partial charge in [-0.15, -0.1) is 0 Å². The minimum atomic E-state index is -4.55. The predicted octanol–water partition coefficient (Wildman–Crippen LogP) is 4.07. The summed E-state index contributed by atoms with van der Waals surface area (Å²) in [6.45, 7) is -1.21. The van der Waals surface area contributed by atoms with E-state index >= 15 is 0 Å². The Morgan fingerprint density at radius 1 is 1.21 bits per heavy atom. The van der Waals surface area contributed by atoms with Crippen molar-refractivity contribution in [2.24, 2.45) is 0 Å². The number of carbonyl (C=O) groups excluding carboxylic acids is 1. The zero-order chi connectivity index (χ0) is 21.2. The zero-order valence-corrected chi connectivity index (χ0v) is 16.4. The summed E-state index contributed by atoms with van der Waals surface area (Å²) in [6, 6.07) is 9.77. The van der Waals surface area contributed by atoms with E-state index in [4.69, 9.17) is 16.3 Å². The van der Waals surface area contributed by atoms with Gasteiger partial charge in [-0.05, 0) is 42.8 Å². The molecule has 0 atom stereocenters. The number of alkyl halides is 3. The number of sulfonamides is 1. The van der Waals surface area contributed by atoms with Gasteiger partial charge in [0.15, 0.2) is 6.61 Å². The first-order valence-corrected chi connectivity index (χ1v) is 10.4. The minimum Gasteiger partial charge on any atom is -0.482 e. The third-order valence-electron chi connectivity index (χ3n) is 4.08. The first-order valence-electron chi connectivity index (χ1n) is 8.46. The molecule has 0 bridgehead atoms. The van der Waals surface area contributed by atoms with E-state index < -0.39 is 28.7 Å². The van der Waals surface area contributed by atoms with E-state index in [1.807, 2.05) is 0 Å². The van der Waals surface area contributed by atoms with Crippen LogP contribution in [0.1, 0.15) is 16.8 Å². The summed E-state index contributed by atoms with van der Waals surface area (Å²) in [5.41, 5.74) is 0.437. The van der Waals surface area contributed by atoms with Crippen molar-refractivity contribution < 1.29 is 31.1 Å². The highest BCUT2D eigenvalue weighted by molar-refractivity contribution is 7.93. The van der Waals surface area contributed by atoms with Gasteiger partial charge in [0.25, 0.3) is 5.91 Å². The van der Waals surface area contributed by atoms with Gasteiger partial charge in [-0.25, -0.2) is 8.42 Å². The standard InChI is InChI=1S/C18H16ClF3N2O4S/c19-13-5-6-16(28-11-18(20,21)22)15(10-13)23-17(25)12-3-1-4-14(9-12)24-7-2-8-29(24,26)27/h1,3-6,9-10H,2,7-8,11H2,(H,23,25). The summed E-state index contributed by atoms with van der Waals surface area (Å²) in [7, 11) is -3.42. The highest BCUT2D eigenvalue weighted by Crippen LogP contribution is 2.31. The van der Waals surface area contributed by atoms with Gasteiger partial charge in [-0.3, -0.25) is 9.10 Å². The summed E-state index contributed by atoms with van der Waals surface area (Å²) < 4.78 is 67.4. The SMILES string of the molecule is O=C(Nc1cc(Cl)ccc1OCC(F)(F)F)c1cccc(N2CCCS2(=O)=O)c1. The van der Waals surface area contributed by atoms with E-state index in [-0.39, 0.29) is 27.8 Å². The fourth-order valence-corrected chi connectivity index (χ4v) is 4.54. The van der Waals surface area contributed by atoms with Gasteiger partial charge in [0, 0.05) is 17.1 Å². The fraction of sp³-hybridized carbons (Fsp3) is 0.278. The lowest BCUT2D eigenvalue weighted by atomic mass is 10.1. The molecule has 0 aliphatic carbocycles. The zero-order valence-electron chi connectivity index (χ0n) is 14.9. The van der Waals surface area contributed by atoms with E-state index in [0.717, 1.165) is 0 Å². The monoisotopic (exact) mass is 448 g/mol. The van der Waals surface area contributed by atoms with Crippen LogP contribution in [-0.4, -0.2) is 39.4 Å². The molecular formula is C18H16ClF3N2O4S. The van der Waals surface area contributed by atoms with E-state index in [1.54, 1.807) is 6.07 Å². The molecule has 1 N–H and O–H groups in total. The average Bonchev–Trinajstić information content (AvgIpc) is 2.99. The number of ether oxygens (including phenoxy) is 1. The number of rotatable bonds is 5. The van der Waals surface area contributed by atoms with Crippen molar-refractivity contribution in [3.8, 4) is 5.75 Å². The van der Waals surface area contributed by atoms with Crippen LogP contribution >= 0.6 is 11.6 Å². The highest BCUT2D eigenvalue weighted by atomic mass is 35.5. The Labute approximate surface area is 170 Å². The van der Waals surface area contributed by atoms with Gasteiger partial charge < -0.3 is 10.1 Å². The molecule has 1 saturated heterocycles. The maximum atomic E-state index is 12.6. The average molecular weight is 449 g/mol. The van der Waals surface area contributed by atoms with Crippen molar-refractivity contribution in [3.63, 3.8) is 0 Å². The van der Waals surface area contributed by atoms with Gasteiger partial charge in [-0.2, -0.15) is 13.2 Å². The molecule has 2 aromatic carbocycles. The molecule has 0 radical (unpaired) electrons. The lowest BCUT2D eigenvalue weighted by molar-refractivity contribution is -0.153. The van der Waals surface area contributed by atoms with Crippen molar-refractivity contribution in [3.05, 3.63) is 53.1 Å². The molecule has 1 heterocycles. The summed E-state index contributed by atoms with van der Waals surface area (Å²) in [6.07, 6.45) is -4.06. The second kappa shape index (κ2) is 8.11. The number of amides is 1. The van der Waals surface area contributed by atoms with Crippen LogP contribution in [0.25, 0.3) is 0 Å². The van der Waals surface area contributed by atoms with Crippen LogP contribution in [0.15, 0.2) is 42.5 Å². The first kappa shape index (κ1) is 21.3. The number of benzene rings is 2. The molecule has 1 aliphatic rings. The number of nitrogens with one attached hydrogen (secondary N) is 1. The molecule has 3 rings (SSSR count). The normalized spacial score (nSPS) is 15.9. The Kier molecular flexibility index (Phi) is 5.95. The quantitative estimate of drug-likeness (QED) is 0.748. The van der Waals surface area contributed by atoms with E-state index in [2.05, 4.69) is 5.32 Å². The molecule has 2 aromatic rings. The molecule has 29 heavy (non-hydrogen) atoms. The molecular weight excluding hydrogens is 433 g/mol. The maximum absolute atomic E-state index is 12.6.